The van der Waals surface area contributed by atoms with Crippen LogP contribution in [0.5, 0.6) is 0 Å². The number of nitrogens with zero attached hydrogens (tertiary/aromatic N) is 2. The summed E-state index contributed by atoms with van der Waals surface area (Å²) in [6.45, 7) is 1.68. The number of aliphatic hydroxyl groups is 1. The molecule has 1 rings (SSSR count). The van der Waals surface area contributed by atoms with Gasteiger partial charge in [-0.25, -0.2) is 0 Å². The average molecular weight is 298 g/mol. The van der Waals surface area contributed by atoms with Crippen LogP contribution in [0.15, 0.2) is 0 Å². The first-order valence-electron chi connectivity index (χ1n) is 6.45. The number of hydrogen-bond acceptors (Lipinski definition) is 4. The van der Waals surface area contributed by atoms with Gasteiger partial charge in [-0.05, 0) is 13.3 Å². The molecule has 1 atom stereocenters. The van der Waals surface area contributed by atoms with Gasteiger partial charge < -0.3 is 14.7 Å². The van der Waals surface area contributed by atoms with Crippen molar-refractivity contribution in [3.05, 3.63) is 0 Å². The molecule has 0 unspecified atom stereocenters. The monoisotopic (exact) mass is 298 g/mol. The molecule has 0 aromatic rings. The number of amides is 1. The first kappa shape index (κ1) is 17.2. The van der Waals surface area contributed by atoms with E-state index >= 15 is 0 Å². The lowest BCUT2D eigenvalue weighted by Crippen LogP contribution is -2.52. The van der Waals surface area contributed by atoms with Gasteiger partial charge in [0.2, 0.25) is 5.91 Å². The molecule has 1 fully saturated rings. The highest BCUT2D eigenvalue weighted by Gasteiger charge is 2.50. The minimum absolute atomic E-state index is 0.115. The Morgan fingerprint density at radius 1 is 1.35 bits per heavy atom. The number of carbonyl (C=O) groups is 1. The molecule has 118 valence electrons. The minimum Gasteiger partial charge on any atom is -0.383 e. The summed E-state index contributed by atoms with van der Waals surface area (Å²) in [4.78, 5) is 14.9. The van der Waals surface area contributed by atoms with Gasteiger partial charge in [0.05, 0.1) is 13.2 Å². The van der Waals surface area contributed by atoms with Crippen LogP contribution in [0.2, 0.25) is 0 Å². The van der Waals surface area contributed by atoms with Crippen LogP contribution >= 0.6 is 0 Å². The Morgan fingerprint density at radius 2 is 2.00 bits per heavy atom. The summed E-state index contributed by atoms with van der Waals surface area (Å²) in [5.74, 6) is -0.238. The first-order valence-corrected chi connectivity index (χ1v) is 6.45. The maximum absolute atomic E-state index is 12.6. The van der Waals surface area contributed by atoms with Crippen molar-refractivity contribution in [3.63, 3.8) is 0 Å². The fourth-order valence-electron chi connectivity index (χ4n) is 2.08. The summed E-state index contributed by atoms with van der Waals surface area (Å²) >= 11 is 0. The lowest BCUT2D eigenvalue weighted by Gasteiger charge is -2.31. The van der Waals surface area contributed by atoms with Crippen LogP contribution in [0, 0.1) is 0 Å². The number of β-amino-alcohol motifs (C(OH)–C–C–N with tert-alkyl or cyclic N) is 1. The van der Waals surface area contributed by atoms with E-state index in [4.69, 9.17) is 4.74 Å². The number of hydrogen-bond donors (Lipinski definition) is 1. The molecule has 1 saturated heterocycles. The number of halogens is 3. The number of alkyl halides is 3. The summed E-state index contributed by atoms with van der Waals surface area (Å²) in [5.41, 5.74) is -2.81. The Bertz CT molecular complexity index is 334. The Hall–Kier alpha value is -0.860. The Kier molecular flexibility index (Phi) is 5.79. The van der Waals surface area contributed by atoms with Gasteiger partial charge in [0.25, 0.3) is 0 Å². The Balaban J connectivity index is 2.60. The lowest BCUT2D eigenvalue weighted by atomic mass is 10.1. The van der Waals surface area contributed by atoms with Crippen molar-refractivity contribution in [2.45, 2.75) is 25.1 Å². The van der Waals surface area contributed by atoms with Gasteiger partial charge in [0.1, 0.15) is 0 Å². The maximum Gasteiger partial charge on any atom is 0.418 e. The zero-order valence-corrected chi connectivity index (χ0v) is 11.7. The van der Waals surface area contributed by atoms with Crippen LogP contribution in [0.1, 0.15) is 13.3 Å². The molecule has 1 amide bonds. The third kappa shape index (κ3) is 4.60. The standard InChI is InChI=1S/C12H21F3N2O3/c1-11(19,12(13,14)15)9-16-4-3-5-17(6-7-20-2)10(18)8-16/h19H,3-9H2,1-2H3/t11-/m1/s1. The average Bonchev–Trinajstić information content (AvgIpc) is 2.46. The Morgan fingerprint density at radius 3 is 2.55 bits per heavy atom. The molecule has 8 heteroatoms. The molecule has 0 saturated carbocycles. The van der Waals surface area contributed by atoms with Crippen LogP contribution in [-0.4, -0.2) is 79.0 Å². The van der Waals surface area contributed by atoms with Crippen LogP contribution in [-0.2, 0) is 9.53 Å². The normalized spacial score (nSPS) is 21.7. The number of carbonyl (C=O) groups excluding carboxylic acids is 1. The predicted molar refractivity (Wildman–Crippen MR) is 66.2 cm³/mol. The highest BCUT2D eigenvalue weighted by Crippen LogP contribution is 2.30. The van der Waals surface area contributed by atoms with Crippen molar-refractivity contribution in [3.8, 4) is 0 Å². The largest absolute Gasteiger partial charge is 0.418 e. The van der Waals surface area contributed by atoms with E-state index in [9.17, 15) is 23.1 Å². The molecule has 1 aliphatic heterocycles. The summed E-state index contributed by atoms with van der Waals surface area (Å²) in [7, 11) is 1.52. The van der Waals surface area contributed by atoms with Crippen molar-refractivity contribution in [1.82, 2.24) is 9.80 Å². The quantitative estimate of drug-likeness (QED) is 0.802. The van der Waals surface area contributed by atoms with Crippen molar-refractivity contribution < 1.29 is 27.8 Å². The second kappa shape index (κ2) is 6.73. The molecule has 0 aliphatic carbocycles. The van der Waals surface area contributed by atoms with Crippen LogP contribution in [0.3, 0.4) is 0 Å². The fraction of sp³-hybridized carbons (Fsp3) is 0.917. The molecule has 1 N–H and O–H groups in total. The highest BCUT2D eigenvalue weighted by atomic mass is 19.4. The van der Waals surface area contributed by atoms with Crippen molar-refractivity contribution in [1.29, 1.82) is 0 Å². The van der Waals surface area contributed by atoms with E-state index in [1.807, 2.05) is 0 Å². The van der Waals surface area contributed by atoms with Gasteiger partial charge in [0, 0.05) is 33.3 Å². The molecule has 1 aliphatic rings. The molecular formula is C12H21F3N2O3. The summed E-state index contributed by atoms with van der Waals surface area (Å²) < 4.78 is 42.8. The van der Waals surface area contributed by atoms with E-state index in [0.717, 1.165) is 6.92 Å². The molecule has 0 radical (unpaired) electrons. The predicted octanol–water partition coefficient (Wildman–Crippen LogP) is 0.480. The summed E-state index contributed by atoms with van der Waals surface area (Å²) in [5, 5.41) is 9.48. The highest BCUT2D eigenvalue weighted by molar-refractivity contribution is 5.78. The van der Waals surface area contributed by atoms with Gasteiger partial charge in [-0.2, -0.15) is 13.2 Å². The second-order valence-corrected chi connectivity index (χ2v) is 5.21. The van der Waals surface area contributed by atoms with Gasteiger partial charge in [-0.3, -0.25) is 9.69 Å². The van der Waals surface area contributed by atoms with Crippen molar-refractivity contribution >= 4 is 5.91 Å². The van der Waals surface area contributed by atoms with Crippen LogP contribution in [0.25, 0.3) is 0 Å². The molecule has 0 aromatic carbocycles. The van der Waals surface area contributed by atoms with Crippen LogP contribution in [0.4, 0.5) is 13.2 Å². The molecule has 0 spiro atoms. The van der Waals surface area contributed by atoms with E-state index < -0.39 is 18.3 Å². The first-order chi connectivity index (χ1) is 9.17. The Labute approximate surface area is 116 Å². The fourth-order valence-corrected chi connectivity index (χ4v) is 2.08. The second-order valence-electron chi connectivity index (χ2n) is 5.21. The van der Waals surface area contributed by atoms with Crippen molar-refractivity contribution in [2.24, 2.45) is 0 Å². The molecule has 5 nitrogen and oxygen atoms in total. The SMILES string of the molecule is COCCN1CCCN(C[C@@](C)(O)C(F)(F)F)CC1=O. The summed E-state index contributed by atoms with van der Waals surface area (Å²) in [6.07, 6.45) is -4.14. The van der Waals surface area contributed by atoms with E-state index in [1.54, 1.807) is 4.90 Å². The van der Waals surface area contributed by atoms with E-state index in [1.165, 1.54) is 12.0 Å². The van der Waals surface area contributed by atoms with Gasteiger partial charge in [-0.15, -0.1) is 0 Å². The molecular weight excluding hydrogens is 277 g/mol. The number of ether oxygens (including phenoxy) is 1. The molecule has 0 aromatic heterocycles. The molecule has 1 heterocycles. The lowest BCUT2D eigenvalue weighted by molar-refractivity contribution is -0.257. The third-order valence-electron chi connectivity index (χ3n) is 3.32. The third-order valence-corrected chi connectivity index (χ3v) is 3.32. The number of rotatable bonds is 5. The minimum atomic E-state index is -4.71. The van der Waals surface area contributed by atoms with Crippen LogP contribution < -0.4 is 0 Å². The van der Waals surface area contributed by atoms with Crippen molar-refractivity contribution in [2.75, 3.05) is 46.4 Å². The molecule has 0 bridgehead atoms. The summed E-state index contributed by atoms with van der Waals surface area (Å²) in [6, 6.07) is 0. The van der Waals surface area contributed by atoms with Gasteiger partial charge in [0.15, 0.2) is 5.60 Å². The smallest absolute Gasteiger partial charge is 0.383 e. The van der Waals surface area contributed by atoms with E-state index in [0.29, 0.717) is 32.7 Å². The topological polar surface area (TPSA) is 53.0 Å². The zero-order chi connectivity index (χ0) is 15.4. The maximum atomic E-state index is 12.6. The number of methoxy groups -OCH3 is 1. The van der Waals surface area contributed by atoms with E-state index in [2.05, 4.69) is 0 Å². The molecule has 20 heavy (non-hydrogen) atoms. The zero-order valence-electron chi connectivity index (χ0n) is 11.7. The van der Waals surface area contributed by atoms with E-state index in [-0.39, 0.29) is 12.5 Å². The van der Waals surface area contributed by atoms with Gasteiger partial charge in [-0.1, -0.05) is 0 Å². The van der Waals surface area contributed by atoms with Gasteiger partial charge >= 0.3 is 6.18 Å².